The quantitative estimate of drug-likeness (QED) is 0.625. The lowest BCUT2D eigenvalue weighted by Gasteiger charge is -2.31. The van der Waals surface area contributed by atoms with Gasteiger partial charge in [-0.15, -0.1) is 0 Å². The molecular weight excluding hydrogens is 422 g/mol. The standard InChI is InChI=1S/C25H33N3O5/c1-17(16-29-2)13-22-26-15-21-23(28-22)20(14-27-24(21)33-19-5-9-30-10-6-19)18-3-7-25(8-4-18)31-11-12-32-25/h3,14-15,17,19H,4-13,16H2,1-2H3/t17-/m1/s1. The zero-order valence-electron chi connectivity index (χ0n) is 19.5. The predicted octanol–water partition coefficient (Wildman–Crippen LogP) is 3.72. The third-order valence-corrected chi connectivity index (χ3v) is 6.66. The van der Waals surface area contributed by atoms with Crippen LogP contribution < -0.4 is 4.74 Å². The SMILES string of the molecule is COC[C@H](C)Cc1ncc2c(OC3CCOCC3)ncc(C3=CCC4(CC3)OCCO4)c2n1. The Morgan fingerprint density at radius 1 is 1.12 bits per heavy atom. The summed E-state index contributed by atoms with van der Waals surface area (Å²) in [5, 5.41) is 0.858. The van der Waals surface area contributed by atoms with Gasteiger partial charge in [0.2, 0.25) is 5.88 Å². The van der Waals surface area contributed by atoms with E-state index in [1.807, 2.05) is 12.4 Å². The first-order valence-electron chi connectivity index (χ1n) is 12.0. The molecule has 0 radical (unpaired) electrons. The van der Waals surface area contributed by atoms with E-state index >= 15 is 0 Å². The molecule has 4 heterocycles. The fraction of sp³-hybridized carbons (Fsp3) is 0.640. The molecule has 1 aliphatic carbocycles. The van der Waals surface area contributed by atoms with E-state index in [1.165, 1.54) is 5.57 Å². The van der Waals surface area contributed by atoms with Crippen molar-refractivity contribution < 1.29 is 23.7 Å². The second-order valence-electron chi connectivity index (χ2n) is 9.26. The molecule has 8 heteroatoms. The lowest BCUT2D eigenvalue weighted by molar-refractivity contribution is -0.159. The van der Waals surface area contributed by atoms with Gasteiger partial charge in [0.1, 0.15) is 11.9 Å². The van der Waals surface area contributed by atoms with Gasteiger partial charge >= 0.3 is 0 Å². The molecule has 0 bridgehead atoms. The Hall–Kier alpha value is -2.13. The predicted molar refractivity (Wildman–Crippen MR) is 123 cm³/mol. The van der Waals surface area contributed by atoms with Gasteiger partial charge in [-0.2, -0.15) is 0 Å². The molecule has 8 nitrogen and oxygen atoms in total. The van der Waals surface area contributed by atoms with Gasteiger partial charge in [-0.1, -0.05) is 13.0 Å². The summed E-state index contributed by atoms with van der Waals surface area (Å²) in [6.45, 7) is 5.60. The molecule has 2 aromatic heterocycles. The Balaban J connectivity index is 1.48. The summed E-state index contributed by atoms with van der Waals surface area (Å²) in [5.74, 6) is 1.30. The summed E-state index contributed by atoms with van der Waals surface area (Å²) in [6.07, 6.45) is 11.0. The number of hydrogen-bond donors (Lipinski definition) is 0. The van der Waals surface area contributed by atoms with E-state index in [9.17, 15) is 0 Å². The van der Waals surface area contributed by atoms with Crippen molar-refractivity contribution in [2.45, 2.75) is 57.3 Å². The van der Waals surface area contributed by atoms with Gasteiger partial charge in [0.25, 0.3) is 0 Å². The molecule has 2 fully saturated rings. The molecule has 178 valence electrons. The Bertz CT molecular complexity index is 999. The lowest BCUT2D eigenvalue weighted by Crippen LogP contribution is -2.31. The Morgan fingerprint density at radius 2 is 1.94 bits per heavy atom. The van der Waals surface area contributed by atoms with E-state index in [1.54, 1.807) is 7.11 Å². The van der Waals surface area contributed by atoms with Crippen LogP contribution in [-0.2, 0) is 25.4 Å². The Labute approximate surface area is 194 Å². The van der Waals surface area contributed by atoms with Gasteiger partial charge in [-0.25, -0.2) is 15.0 Å². The van der Waals surface area contributed by atoms with Crippen LogP contribution in [0.2, 0.25) is 0 Å². The van der Waals surface area contributed by atoms with Gasteiger partial charge in [0.05, 0.1) is 37.3 Å². The van der Waals surface area contributed by atoms with Gasteiger partial charge in [0.15, 0.2) is 5.79 Å². The molecule has 0 unspecified atom stereocenters. The molecule has 0 N–H and O–H groups in total. The van der Waals surface area contributed by atoms with E-state index in [2.05, 4.69) is 18.0 Å². The maximum Gasteiger partial charge on any atom is 0.224 e. The number of fused-ring (bicyclic) bond motifs is 1. The first-order valence-corrected chi connectivity index (χ1v) is 12.0. The van der Waals surface area contributed by atoms with Crippen molar-refractivity contribution in [1.82, 2.24) is 15.0 Å². The molecule has 2 aliphatic heterocycles. The Kier molecular flexibility index (Phi) is 6.87. The average Bonchev–Trinajstić information content (AvgIpc) is 3.29. The van der Waals surface area contributed by atoms with Crippen LogP contribution in [-0.4, -0.2) is 67.0 Å². The van der Waals surface area contributed by atoms with Crippen molar-refractivity contribution in [3.63, 3.8) is 0 Å². The second kappa shape index (κ2) is 10.0. The molecule has 33 heavy (non-hydrogen) atoms. The third-order valence-electron chi connectivity index (χ3n) is 6.66. The number of allylic oxidation sites excluding steroid dienone is 1. The van der Waals surface area contributed by atoms with Gasteiger partial charge in [-0.05, 0) is 17.9 Å². The van der Waals surface area contributed by atoms with Crippen LogP contribution in [0.1, 0.15) is 50.4 Å². The smallest absolute Gasteiger partial charge is 0.224 e. The van der Waals surface area contributed by atoms with Crippen LogP contribution in [0.15, 0.2) is 18.5 Å². The molecule has 5 rings (SSSR count). The highest BCUT2D eigenvalue weighted by molar-refractivity contribution is 5.93. The number of pyridine rings is 1. The minimum absolute atomic E-state index is 0.104. The number of ether oxygens (including phenoxy) is 5. The molecule has 2 aromatic rings. The van der Waals surface area contributed by atoms with Crippen LogP contribution in [0.3, 0.4) is 0 Å². The summed E-state index contributed by atoms with van der Waals surface area (Å²) >= 11 is 0. The number of rotatable bonds is 7. The first kappa shape index (κ1) is 22.7. The molecule has 0 amide bonds. The number of nitrogens with zero attached hydrogens (tertiary/aromatic N) is 3. The Morgan fingerprint density at radius 3 is 2.67 bits per heavy atom. The fourth-order valence-corrected chi connectivity index (χ4v) is 4.88. The van der Waals surface area contributed by atoms with Crippen LogP contribution in [0.4, 0.5) is 0 Å². The van der Waals surface area contributed by atoms with E-state index in [-0.39, 0.29) is 6.10 Å². The number of methoxy groups -OCH3 is 1. The van der Waals surface area contributed by atoms with E-state index in [0.29, 0.717) is 31.6 Å². The van der Waals surface area contributed by atoms with Crippen molar-refractivity contribution in [2.24, 2.45) is 5.92 Å². The zero-order valence-corrected chi connectivity index (χ0v) is 19.5. The summed E-state index contributed by atoms with van der Waals surface area (Å²) < 4.78 is 28.9. The number of aromatic nitrogens is 3. The molecule has 3 aliphatic rings. The average molecular weight is 456 g/mol. The zero-order chi connectivity index (χ0) is 22.7. The van der Waals surface area contributed by atoms with Gasteiger partial charge in [0, 0.05) is 63.8 Å². The molecule has 0 aromatic carbocycles. The summed E-state index contributed by atoms with van der Waals surface area (Å²) in [7, 11) is 1.72. The highest BCUT2D eigenvalue weighted by atomic mass is 16.7. The van der Waals surface area contributed by atoms with Crippen molar-refractivity contribution in [1.29, 1.82) is 0 Å². The van der Waals surface area contributed by atoms with Crippen LogP contribution in [0.5, 0.6) is 5.88 Å². The van der Waals surface area contributed by atoms with Crippen molar-refractivity contribution >= 4 is 16.5 Å². The largest absolute Gasteiger partial charge is 0.474 e. The van der Waals surface area contributed by atoms with Crippen LogP contribution >= 0.6 is 0 Å². The normalized spacial score (nSPS) is 21.9. The maximum atomic E-state index is 6.30. The molecule has 2 saturated heterocycles. The second-order valence-corrected chi connectivity index (χ2v) is 9.26. The van der Waals surface area contributed by atoms with Gasteiger partial charge in [-0.3, -0.25) is 0 Å². The van der Waals surface area contributed by atoms with Crippen molar-refractivity contribution in [3.8, 4) is 5.88 Å². The molecule has 1 atom stereocenters. The van der Waals surface area contributed by atoms with Gasteiger partial charge < -0.3 is 23.7 Å². The fourth-order valence-electron chi connectivity index (χ4n) is 4.88. The maximum absolute atomic E-state index is 6.30. The summed E-state index contributed by atoms with van der Waals surface area (Å²) in [5.41, 5.74) is 3.17. The van der Waals surface area contributed by atoms with Crippen molar-refractivity contribution in [2.75, 3.05) is 40.1 Å². The minimum Gasteiger partial charge on any atom is -0.474 e. The minimum atomic E-state index is -0.450. The van der Waals surface area contributed by atoms with E-state index in [4.69, 9.17) is 33.7 Å². The number of hydrogen-bond acceptors (Lipinski definition) is 8. The van der Waals surface area contributed by atoms with Crippen molar-refractivity contribution in [3.05, 3.63) is 29.9 Å². The summed E-state index contributed by atoms with van der Waals surface area (Å²) in [4.78, 5) is 14.4. The highest BCUT2D eigenvalue weighted by Gasteiger charge is 2.38. The van der Waals surface area contributed by atoms with E-state index in [0.717, 1.165) is 74.0 Å². The first-order chi connectivity index (χ1) is 16.2. The highest BCUT2D eigenvalue weighted by Crippen LogP contribution is 2.40. The van der Waals surface area contributed by atoms with Crippen LogP contribution in [0.25, 0.3) is 16.5 Å². The topological polar surface area (TPSA) is 84.8 Å². The molecular formula is C25H33N3O5. The van der Waals surface area contributed by atoms with E-state index < -0.39 is 5.79 Å². The lowest BCUT2D eigenvalue weighted by atomic mass is 9.89. The third kappa shape index (κ3) is 5.04. The summed E-state index contributed by atoms with van der Waals surface area (Å²) in [6, 6.07) is 0. The molecule has 1 spiro atoms. The molecule has 0 saturated carbocycles. The van der Waals surface area contributed by atoms with Crippen LogP contribution in [0, 0.1) is 5.92 Å². The monoisotopic (exact) mass is 455 g/mol.